The van der Waals surface area contributed by atoms with E-state index in [2.05, 4.69) is 20.4 Å². The van der Waals surface area contributed by atoms with E-state index in [0.29, 0.717) is 28.5 Å². The highest BCUT2D eigenvalue weighted by atomic mass is 32.1. The standard InChI is InChI=1S/C12H10N4O3S/c1-6-8-10(13-4-7-2-3-16-19-7)14-5-15-11(8)20-9(6)12(17)18/h2-3,5H,4H2,1H3,(H,17,18)(H,13,14,15). The predicted molar refractivity (Wildman–Crippen MR) is 72.9 cm³/mol. The van der Waals surface area contributed by atoms with Gasteiger partial charge in [-0.3, -0.25) is 0 Å². The number of aromatic carboxylic acids is 1. The molecule has 3 aromatic heterocycles. The molecule has 7 nitrogen and oxygen atoms in total. The number of anilines is 1. The molecule has 0 aliphatic heterocycles. The summed E-state index contributed by atoms with van der Waals surface area (Å²) in [6.07, 6.45) is 2.97. The molecule has 0 atom stereocenters. The van der Waals surface area contributed by atoms with Gasteiger partial charge in [0.05, 0.1) is 18.1 Å². The zero-order chi connectivity index (χ0) is 14.1. The van der Waals surface area contributed by atoms with Gasteiger partial charge in [0.1, 0.15) is 21.9 Å². The number of rotatable bonds is 4. The smallest absolute Gasteiger partial charge is 0.346 e. The number of fused-ring (bicyclic) bond motifs is 1. The van der Waals surface area contributed by atoms with E-state index in [9.17, 15) is 4.79 Å². The first-order valence-electron chi connectivity index (χ1n) is 5.77. The summed E-state index contributed by atoms with van der Waals surface area (Å²) in [6, 6.07) is 1.74. The molecule has 3 rings (SSSR count). The van der Waals surface area contributed by atoms with Gasteiger partial charge in [0, 0.05) is 6.07 Å². The summed E-state index contributed by atoms with van der Waals surface area (Å²) in [7, 11) is 0. The number of aromatic nitrogens is 3. The fraction of sp³-hybridized carbons (Fsp3) is 0.167. The lowest BCUT2D eigenvalue weighted by atomic mass is 10.2. The van der Waals surface area contributed by atoms with Crippen LogP contribution in [0.2, 0.25) is 0 Å². The van der Waals surface area contributed by atoms with Crippen LogP contribution in [0.15, 0.2) is 23.1 Å². The fourth-order valence-electron chi connectivity index (χ4n) is 1.91. The highest BCUT2D eigenvalue weighted by Crippen LogP contribution is 2.33. The Morgan fingerprint density at radius 3 is 3.05 bits per heavy atom. The molecule has 3 heterocycles. The lowest BCUT2D eigenvalue weighted by Gasteiger charge is -2.04. The number of carbonyl (C=O) groups is 1. The first-order valence-corrected chi connectivity index (χ1v) is 6.59. The van der Waals surface area contributed by atoms with Crippen LogP contribution in [0, 0.1) is 6.92 Å². The molecule has 0 amide bonds. The molecular formula is C12H10N4O3S. The third-order valence-corrected chi connectivity index (χ3v) is 4.03. The molecular weight excluding hydrogens is 280 g/mol. The fourth-order valence-corrected chi connectivity index (χ4v) is 2.90. The van der Waals surface area contributed by atoms with E-state index in [4.69, 9.17) is 9.63 Å². The Morgan fingerprint density at radius 1 is 1.50 bits per heavy atom. The van der Waals surface area contributed by atoms with Gasteiger partial charge < -0.3 is 14.9 Å². The number of hydrogen-bond donors (Lipinski definition) is 2. The summed E-state index contributed by atoms with van der Waals surface area (Å²) in [5.74, 6) is 0.308. The van der Waals surface area contributed by atoms with Crippen molar-refractivity contribution in [3.05, 3.63) is 34.8 Å². The van der Waals surface area contributed by atoms with E-state index in [1.54, 1.807) is 19.2 Å². The van der Waals surface area contributed by atoms with Gasteiger partial charge in [0.15, 0.2) is 5.76 Å². The maximum Gasteiger partial charge on any atom is 0.346 e. The van der Waals surface area contributed by atoms with E-state index in [1.807, 2.05) is 0 Å². The van der Waals surface area contributed by atoms with Crippen LogP contribution in [0.4, 0.5) is 5.82 Å². The Bertz CT molecular complexity index is 766. The molecule has 0 radical (unpaired) electrons. The van der Waals surface area contributed by atoms with Gasteiger partial charge >= 0.3 is 5.97 Å². The van der Waals surface area contributed by atoms with Crippen LogP contribution >= 0.6 is 11.3 Å². The second-order valence-corrected chi connectivity index (χ2v) is 5.10. The maximum atomic E-state index is 11.2. The van der Waals surface area contributed by atoms with Crippen molar-refractivity contribution in [2.75, 3.05) is 5.32 Å². The molecule has 102 valence electrons. The van der Waals surface area contributed by atoms with Crippen LogP contribution in [-0.2, 0) is 6.54 Å². The largest absolute Gasteiger partial charge is 0.477 e. The molecule has 0 aliphatic rings. The molecule has 0 saturated heterocycles. The molecule has 0 spiro atoms. The van der Waals surface area contributed by atoms with Crippen LogP contribution in [0.25, 0.3) is 10.2 Å². The van der Waals surface area contributed by atoms with Crippen molar-refractivity contribution in [1.29, 1.82) is 0 Å². The zero-order valence-electron chi connectivity index (χ0n) is 10.5. The third kappa shape index (κ3) is 2.10. The van der Waals surface area contributed by atoms with Crippen molar-refractivity contribution in [3.63, 3.8) is 0 Å². The Kier molecular flexibility index (Phi) is 3.07. The third-order valence-electron chi connectivity index (χ3n) is 2.84. The Hall–Kier alpha value is -2.48. The summed E-state index contributed by atoms with van der Waals surface area (Å²) >= 11 is 1.14. The van der Waals surface area contributed by atoms with Crippen molar-refractivity contribution in [2.24, 2.45) is 0 Å². The number of nitrogens with one attached hydrogen (secondary N) is 1. The topological polar surface area (TPSA) is 101 Å². The van der Waals surface area contributed by atoms with Crippen LogP contribution in [0.1, 0.15) is 21.0 Å². The average molecular weight is 290 g/mol. The second-order valence-electron chi connectivity index (χ2n) is 4.10. The van der Waals surface area contributed by atoms with Gasteiger partial charge in [-0.2, -0.15) is 0 Å². The molecule has 8 heteroatoms. The van der Waals surface area contributed by atoms with Crippen LogP contribution < -0.4 is 5.32 Å². The van der Waals surface area contributed by atoms with E-state index in [-0.39, 0.29) is 4.88 Å². The number of nitrogens with zero attached hydrogens (tertiary/aromatic N) is 3. The molecule has 0 saturated carbocycles. The van der Waals surface area contributed by atoms with Gasteiger partial charge in [0.25, 0.3) is 0 Å². The van der Waals surface area contributed by atoms with Gasteiger partial charge in [-0.25, -0.2) is 14.8 Å². The summed E-state index contributed by atoms with van der Waals surface area (Å²) in [6.45, 7) is 2.18. The van der Waals surface area contributed by atoms with Crippen molar-refractivity contribution < 1.29 is 14.4 Å². The maximum absolute atomic E-state index is 11.2. The molecule has 20 heavy (non-hydrogen) atoms. The SMILES string of the molecule is Cc1c(C(=O)O)sc2ncnc(NCc3ccno3)c12. The van der Waals surface area contributed by atoms with Crippen molar-refractivity contribution in [3.8, 4) is 0 Å². The Labute approximate surface area is 117 Å². The molecule has 0 fully saturated rings. The van der Waals surface area contributed by atoms with Gasteiger partial charge in [0.2, 0.25) is 0 Å². The first kappa shape index (κ1) is 12.5. The quantitative estimate of drug-likeness (QED) is 0.760. The monoisotopic (exact) mass is 290 g/mol. The van der Waals surface area contributed by atoms with E-state index in [0.717, 1.165) is 16.7 Å². The van der Waals surface area contributed by atoms with Gasteiger partial charge in [-0.15, -0.1) is 11.3 Å². The molecule has 3 aromatic rings. The highest BCUT2D eigenvalue weighted by Gasteiger charge is 2.18. The normalized spacial score (nSPS) is 10.8. The van der Waals surface area contributed by atoms with Crippen molar-refractivity contribution in [1.82, 2.24) is 15.1 Å². The van der Waals surface area contributed by atoms with E-state index < -0.39 is 5.97 Å². The number of hydrogen-bond acceptors (Lipinski definition) is 7. The molecule has 0 unspecified atom stereocenters. The molecule has 2 N–H and O–H groups in total. The number of thiophene rings is 1. The summed E-state index contributed by atoms with van der Waals surface area (Å²) < 4.78 is 4.99. The first-order chi connectivity index (χ1) is 9.66. The van der Waals surface area contributed by atoms with E-state index in [1.165, 1.54) is 6.33 Å². The highest BCUT2D eigenvalue weighted by molar-refractivity contribution is 7.20. The zero-order valence-corrected chi connectivity index (χ0v) is 11.3. The van der Waals surface area contributed by atoms with E-state index >= 15 is 0 Å². The molecule has 0 aliphatic carbocycles. The second kappa shape index (κ2) is 4.89. The minimum Gasteiger partial charge on any atom is -0.477 e. The summed E-state index contributed by atoms with van der Waals surface area (Å²) in [4.78, 5) is 20.4. The predicted octanol–water partition coefficient (Wildman–Crippen LogP) is 2.30. The lowest BCUT2D eigenvalue weighted by Crippen LogP contribution is -2.02. The number of carboxylic acid groups (broad SMARTS) is 1. The number of carboxylic acids is 1. The van der Waals surface area contributed by atoms with Crippen LogP contribution in [-0.4, -0.2) is 26.2 Å². The minimum atomic E-state index is -0.952. The van der Waals surface area contributed by atoms with Gasteiger partial charge in [-0.05, 0) is 12.5 Å². The summed E-state index contributed by atoms with van der Waals surface area (Å²) in [5.41, 5.74) is 0.665. The van der Waals surface area contributed by atoms with Crippen LogP contribution in [0.5, 0.6) is 0 Å². The van der Waals surface area contributed by atoms with Gasteiger partial charge in [-0.1, -0.05) is 5.16 Å². The van der Waals surface area contributed by atoms with Crippen LogP contribution in [0.3, 0.4) is 0 Å². The minimum absolute atomic E-state index is 0.281. The Balaban J connectivity index is 2.00. The summed E-state index contributed by atoms with van der Waals surface area (Å²) in [5, 5.41) is 16.6. The van der Waals surface area contributed by atoms with Crippen molar-refractivity contribution >= 4 is 33.3 Å². The molecule has 0 bridgehead atoms. The Morgan fingerprint density at radius 2 is 2.35 bits per heavy atom. The lowest BCUT2D eigenvalue weighted by molar-refractivity contribution is 0.0701. The number of aryl methyl sites for hydroxylation is 1. The van der Waals surface area contributed by atoms with Crippen molar-refractivity contribution in [2.45, 2.75) is 13.5 Å². The average Bonchev–Trinajstić information content (AvgIpc) is 3.05. The molecule has 0 aromatic carbocycles.